The number of rotatable bonds is 6. The van der Waals surface area contributed by atoms with Crippen molar-refractivity contribution in [3.8, 4) is 0 Å². The molecule has 1 aromatic rings. The first kappa shape index (κ1) is 13.8. The molecule has 0 amide bonds. The molecule has 17 heavy (non-hydrogen) atoms. The average Bonchev–Trinajstić information content (AvgIpc) is 2.37. The summed E-state index contributed by atoms with van der Waals surface area (Å²) in [7, 11) is 0. The van der Waals surface area contributed by atoms with Gasteiger partial charge in [0.1, 0.15) is 0 Å². The standard InChI is InChI=1S/C15H19NS/c1-3-4-5-6-13(2)7-8-14-9-11-15(17-16)12-10-14/h3-6,9-12H,1,7-8,16H2,2H3/b5-4-,13-6+. The summed E-state index contributed by atoms with van der Waals surface area (Å²) < 4.78 is 0. The molecule has 1 nitrogen and oxygen atoms in total. The topological polar surface area (TPSA) is 26.0 Å². The Kier molecular flexibility index (Phi) is 6.45. The van der Waals surface area contributed by atoms with E-state index in [1.807, 2.05) is 12.2 Å². The van der Waals surface area contributed by atoms with Crippen LogP contribution in [0.15, 0.2) is 65.6 Å². The summed E-state index contributed by atoms with van der Waals surface area (Å²) in [6.07, 6.45) is 10.0. The van der Waals surface area contributed by atoms with Crippen LogP contribution < -0.4 is 5.14 Å². The summed E-state index contributed by atoms with van der Waals surface area (Å²) in [6, 6.07) is 8.41. The predicted octanol–water partition coefficient (Wildman–Crippen LogP) is 4.27. The molecule has 0 fully saturated rings. The van der Waals surface area contributed by atoms with Crippen LogP contribution in [0.1, 0.15) is 18.9 Å². The van der Waals surface area contributed by atoms with Gasteiger partial charge >= 0.3 is 0 Å². The molecule has 0 radical (unpaired) electrons. The fraction of sp³-hybridized carbons (Fsp3) is 0.200. The molecule has 0 aliphatic heterocycles. The van der Waals surface area contributed by atoms with Gasteiger partial charge in [-0.2, -0.15) is 0 Å². The summed E-state index contributed by atoms with van der Waals surface area (Å²) >= 11 is 1.29. The molecule has 0 aliphatic carbocycles. The van der Waals surface area contributed by atoms with Crippen molar-refractivity contribution >= 4 is 11.9 Å². The highest BCUT2D eigenvalue weighted by molar-refractivity contribution is 7.97. The Labute approximate surface area is 108 Å². The molecule has 0 saturated heterocycles. The third-order valence-corrected chi connectivity index (χ3v) is 3.04. The lowest BCUT2D eigenvalue weighted by molar-refractivity contribution is 0.939. The maximum Gasteiger partial charge on any atom is 0.0226 e. The average molecular weight is 245 g/mol. The number of aryl methyl sites for hydroxylation is 1. The van der Waals surface area contributed by atoms with Crippen LogP contribution in [0, 0.1) is 0 Å². The van der Waals surface area contributed by atoms with Crippen LogP contribution >= 0.6 is 11.9 Å². The van der Waals surface area contributed by atoms with Crippen molar-refractivity contribution in [2.24, 2.45) is 5.14 Å². The van der Waals surface area contributed by atoms with Crippen molar-refractivity contribution in [2.45, 2.75) is 24.7 Å². The molecular weight excluding hydrogens is 226 g/mol. The van der Waals surface area contributed by atoms with E-state index in [0.717, 1.165) is 17.7 Å². The van der Waals surface area contributed by atoms with Crippen LogP contribution in [0.4, 0.5) is 0 Å². The molecule has 0 atom stereocenters. The van der Waals surface area contributed by atoms with Crippen LogP contribution in [0.5, 0.6) is 0 Å². The normalized spacial score (nSPS) is 12.0. The number of benzene rings is 1. The largest absolute Gasteiger partial charge is 0.274 e. The molecule has 0 unspecified atom stereocenters. The van der Waals surface area contributed by atoms with Gasteiger partial charge in [-0.1, -0.05) is 48.6 Å². The highest BCUT2D eigenvalue weighted by Gasteiger charge is 1.95. The highest BCUT2D eigenvalue weighted by atomic mass is 32.2. The van der Waals surface area contributed by atoms with Gasteiger partial charge in [-0.3, -0.25) is 5.14 Å². The maximum atomic E-state index is 5.48. The van der Waals surface area contributed by atoms with Crippen molar-refractivity contribution in [1.29, 1.82) is 0 Å². The minimum atomic E-state index is 1.07. The van der Waals surface area contributed by atoms with Gasteiger partial charge in [0.05, 0.1) is 0 Å². The Morgan fingerprint density at radius 3 is 2.59 bits per heavy atom. The number of hydrogen-bond acceptors (Lipinski definition) is 2. The van der Waals surface area contributed by atoms with Crippen LogP contribution in [0.2, 0.25) is 0 Å². The van der Waals surface area contributed by atoms with E-state index in [-0.39, 0.29) is 0 Å². The van der Waals surface area contributed by atoms with Gasteiger partial charge in [-0.15, -0.1) is 0 Å². The van der Waals surface area contributed by atoms with E-state index in [2.05, 4.69) is 43.8 Å². The van der Waals surface area contributed by atoms with Crippen molar-refractivity contribution in [2.75, 3.05) is 0 Å². The Balaban J connectivity index is 2.46. The van der Waals surface area contributed by atoms with E-state index in [1.165, 1.54) is 23.1 Å². The fourth-order valence-corrected chi connectivity index (χ4v) is 1.75. The molecule has 0 aromatic heterocycles. The molecule has 1 aromatic carbocycles. The molecule has 2 heteroatoms. The van der Waals surface area contributed by atoms with Gasteiger partial charge in [-0.05, 0) is 49.4 Å². The quantitative estimate of drug-likeness (QED) is 0.598. The zero-order valence-corrected chi connectivity index (χ0v) is 11.0. The van der Waals surface area contributed by atoms with Crippen LogP contribution in [0.25, 0.3) is 0 Å². The molecule has 0 spiro atoms. The van der Waals surface area contributed by atoms with E-state index < -0.39 is 0 Å². The molecule has 0 saturated carbocycles. The zero-order chi connectivity index (χ0) is 12.5. The second-order valence-corrected chi connectivity index (χ2v) is 4.60. The molecule has 0 heterocycles. The van der Waals surface area contributed by atoms with Crippen LogP contribution in [-0.2, 0) is 6.42 Å². The minimum Gasteiger partial charge on any atom is -0.274 e. The summed E-state index contributed by atoms with van der Waals surface area (Å²) in [4.78, 5) is 1.11. The lowest BCUT2D eigenvalue weighted by Gasteiger charge is -2.02. The van der Waals surface area contributed by atoms with E-state index in [9.17, 15) is 0 Å². The van der Waals surface area contributed by atoms with Crippen LogP contribution in [0.3, 0.4) is 0 Å². The fourth-order valence-electron chi connectivity index (χ4n) is 1.46. The summed E-state index contributed by atoms with van der Waals surface area (Å²) in [5.41, 5.74) is 2.73. The second kappa shape index (κ2) is 7.93. The van der Waals surface area contributed by atoms with Gasteiger partial charge in [0.15, 0.2) is 0 Å². The Morgan fingerprint density at radius 2 is 2.00 bits per heavy atom. The van der Waals surface area contributed by atoms with Crippen molar-refractivity contribution in [1.82, 2.24) is 0 Å². The molecular formula is C15H19NS. The maximum absolute atomic E-state index is 5.48. The molecule has 1 rings (SSSR count). The SMILES string of the molecule is C=C/C=C\C=C(/C)CCc1ccc(SN)cc1. The van der Waals surface area contributed by atoms with E-state index in [4.69, 9.17) is 5.14 Å². The molecule has 0 aliphatic rings. The van der Waals surface area contributed by atoms with E-state index in [0.29, 0.717) is 0 Å². The first-order valence-corrected chi connectivity index (χ1v) is 6.54. The second-order valence-electron chi connectivity index (χ2n) is 3.90. The first-order valence-electron chi connectivity index (χ1n) is 5.67. The van der Waals surface area contributed by atoms with Crippen molar-refractivity contribution < 1.29 is 0 Å². The zero-order valence-electron chi connectivity index (χ0n) is 10.2. The summed E-state index contributed by atoms with van der Waals surface area (Å²) in [6.45, 7) is 5.79. The molecule has 2 N–H and O–H groups in total. The number of nitrogens with two attached hydrogens (primary N) is 1. The smallest absolute Gasteiger partial charge is 0.0226 e. The van der Waals surface area contributed by atoms with E-state index >= 15 is 0 Å². The third kappa shape index (κ3) is 5.57. The Hall–Kier alpha value is -1.25. The van der Waals surface area contributed by atoms with E-state index in [1.54, 1.807) is 6.08 Å². The highest BCUT2D eigenvalue weighted by Crippen LogP contribution is 2.15. The summed E-state index contributed by atoms with van der Waals surface area (Å²) in [5.74, 6) is 0. The molecule has 0 bridgehead atoms. The first-order chi connectivity index (χ1) is 8.26. The van der Waals surface area contributed by atoms with Crippen LogP contribution in [-0.4, -0.2) is 0 Å². The van der Waals surface area contributed by atoms with Crippen molar-refractivity contribution in [3.05, 3.63) is 66.3 Å². The van der Waals surface area contributed by atoms with Gasteiger partial charge in [-0.25, -0.2) is 0 Å². The molecule has 90 valence electrons. The van der Waals surface area contributed by atoms with Gasteiger partial charge in [0.2, 0.25) is 0 Å². The summed E-state index contributed by atoms with van der Waals surface area (Å²) in [5, 5.41) is 5.48. The van der Waals surface area contributed by atoms with Gasteiger partial charge in [0, 0.05) is 4.90 Å². The third-order valence-electron chi connectivity index (χ3n) is 2.50. The van der Waals surface area contributed by atoms with Crippen molar-refractivity contribution in [3.63, 3.8) is 0 Å². The Morgan fingerprint density at radius 1 is 1.29 bits per heavy atom. The minimum absolute atomic E-state index is 1.07. The lowest BCUT2D eigenvalue weighted by Crippen LogP contribution is -1.87. The lowest BCUT2D eigenvalue weighted by atomic mass is 10.1. The number of hydrogen-bond donors (Lipinski definition) is 1. The predicted molar refractivity (Wildman–Crippen MR) is 77.9 cm³/mol. The Bertz CT molecular complexity index is 401. The van der Waals surface area contributed by atoms with Gasteiger partial charge < -0.3 is 0 Å². The monoisotopic (exact) mass is 245 g/mol. The number of allylic oxidation sites excluding steroid dienone is 5. The van der Waals surface area contributed by atoms with Gasteiger partial charge in [0.25, 0.3) is 0 Å².